The summed E-state index contributed by atoms with van der Waals surface area (Å²) < 4.78 is 0. The Balaban J connectivity index is 2.96. The number of amides is 1. The number of rotatable bonds is 5. The summed E-state index contributed by atoms with van der Waals surface area (Å²) in [6.45, 7) is 4.62. The number of carbonyl (C=O) groups is 1. The lowest BCUT2D eigenvalue weighted by atomic mass is 10.3. The van der Waals surface area contributed by atoms with Gasteiger partial charge in [0.15, 0.2) is 0 Å². The quantitative estimate of drug-likeness (QED) is 0.759. The maximum absolute atomic E-state index is 11.4. The van der Waals surface area contributed by atoms with Crippen LogP contribution in [-0.2, 0) is 4.79 Å². The highest BCUT2D eigenvalue weighted by Crippen LogP contribution is 2.07. The van der Waals surface area contributed by atoms with Crippen LogP contribution in [0.4, 0.5) is 5.82 Å². The zero-order valence-electron chi connectivity index (χ0n) is 10.4. The third-order valence-corrected chi connectivity index (χ3v) is 2.28. The van der Waals surface area contributed by atoms with Gasteiger partial charge in [-0.2, -0.15) is 0 Å². The summed E-state index contributed by atoms with van der Waals surface area (Å²) in [7, 11) is 1.59. The Morgan fingerprint density at radius 3 is 2.82 bits per heavy atom. The Labute approximate surface area is 100 Å². The minimum absolute atomic E-state index is 0.0989. The van der Waals surface area contributed by atoms with Gasteiger partial charge in [-0.05, 0) is 13.3 Å². The van der Waals surface area contributed by atoms with E-state index in [2.05, 4.69) is 15.3 Å². The monoisotopic (exact) mass is 238 g/mol. The Kier molecular flexibility index (Phi) is 4.68. The number of nitrogens with zero attached hydrogens (tertiary/aromatic N) is 2. The molecule has 0 saturated carbocycles. The molecular weight excluding hydrogens is 220 g/mol. The molecule has 17 heavy (non-hydrogen) atoms. The minimum Gasteiger partial charge on any atom is -0.358 e. The minimum atomic E-state index is -0.203. The lowest BCUT2D eigenvalue weighted by Gasteiger charge is -2.22. The van der Waals surface area contributed by atoms with Crippen molar-refractivity contribution in [2.75, 3.05) is 25.0 Å². The first-order valence-electron chi connectivity index (χ1n) is 5.60. The Morgan fingerprint density at radius 1 is 1.59 bits per heavy atom. The highest BCUT2D eigenvalue weighted by molar-refractivity contribution is 5.80. The number of aromatic amines is 1. The summed E-state index contributed by atoms with van der Waals surface area (Å²) >= 11 is 0. The summed E-state index contributed by atoms with van der Waals surface area (Å²) in [5.74, 6) is 0.986. The van der Waals surface area contributed by atoms with Crippen LogP contribution in [0.5, 0.6) is 0 Å². The lowest BCUT2D eigenvalue weighted by Crippen LogP contribution is -2.37. The number of nitrogens with one attached hydrogen (secondary N) is 2. The molecule has 94 valence electrons. The molecule has 0 spiro atoms. The van der Waals surface area contributed by atoms with Crippen molar-refractivity contribution in [3.63, 3.8) is 0 Å². The van der Waals surface area contributed by atoms with Gasteiger partial charge in [-0.3, -0.25) is 9.59 Å². The van der Waals surface area contributed by atoms with Gasteiger partial charge in [0.05, 0.1) is 6.54 Å². The molecule has 0 bridgehead atoms. The van der Waals surface area contributed by atoms with Gasteiger partial charge in [-0.15, -0.1) is 0 Å². The van der Waals surface area contributed by atoms with Crippen LogP contribution < -0.4 is 15.8 Å². The largest absolute Gasteiger partial charge is 0.358 e. The average molecular weight is 238 g/mol. The normalized spacial score (nSPS) is 10.1. The molecule has 1 heterocycles. The van der Waals surface area contributed by atoms with Crippen molar-refractivity contribution in [1.29, 1.82) is 0 Å². The van der Waals surface area contributed by atoms with Crippen LogP contribution in [0, 0.1) is 6.92 Å². The second kappa shape index (κ2) is 6.03. The number of carbonyl (C=O) groups excluding carboxylic acids is 1. The first kappa shape index (κ1) is 13.2. The summed E-state index contributed by atoms with van der Waals surface area (Å²) in [6.07, 6.45) is 0.879. The maximum Gasteiger partial charge on any atom is 0.252 e. The number of hydrogen-bond donors (Lipinski definition) is 2. The molecule has 2 N–H and O–H groups in total. The molecular formula is C11H18N4O2. The predicted molar refractivity (Wildman–Crippen MR) is 66.2 cm³/mol. The molecule has 6 heteroatoms. The second-order valence-electron chi connectivity index (χ2n) is 3.78. The van der Waals surface area contributed by atoms with Gasteiger partial charge in [-0.1, -0.05) is 6.92 Å². The lowest BCUT2D eigenvalue weighted by molar-refractivity contribution is -0.119. The van der Waals surface area contributed by atoms with E-state index < -0.39 is 0 Å². The highest BCUT2D eigenvalue weighted by Gasteiger charge is 2.12. The summed E-state index contributed by atoms with van der Waals surface area (Å²) in [6, 6.07) is 1.41. The molecule has 1 aromatic rings. The van der Waals surface area contributed by atoms with E-state index in [0.717, 1.165) is 6.42 Å². The maximum atomic E-state index is 11.4. The molecule has 1 rings (SSSR count). The SMILES string of the molecule is CCCN(CC(=O)NC)c1cc(=O)[nH]c(C)n1. The van der Waals surface area contributed by atoms with Gasteiger partial charge >= 0.3 is 0 Å². The van der Waals surface area contributed by atoms with Crippen LogP contribution in [0.3, 0.4) is 0 Å². The van der Waals surface area contributed by atoms with E-state index >= 15 is 0 Å². The van der Waals surface area contributed by atoms with Gasteiger partial charge in [0, 0.05) is 19.7 Å². The van der Waals surface area contributed by atoms with Crippen molar-refractivity contribution >= 4 is 11.7 Å². The van der Waals surface area contributed by atoms with Crippen molar-refractivity contribution in [3.05, 3.63) is 22.2 Å². The van der Waals surface area contributed by atoms with Crippen molar-refractivity contribution < 1.29 is 4.79 Å². The van der Waals surface area contributed by atoms with E-state index in [0.29, 0.717) is 18.2 Å². The number of H-pyrrole nitrogens is 1. The second-order valence-corrected chi connectivity index (χ2v) is 3.78. The molecule has 0 fully saturated rings. The van der Waals surface area contributed by atoms with Crippen molar-refractivity contribution in [1.82, 2.24) is 15.3 Å². The molecule has 0 radical (unpaired) electrons. The number of aryl methyl sites for hydroxylation is 1. The first-order chi connectivity index (χ1) is 8.06. The summed E-state index contributed by atoms with van der Waals surface area (Å²) in [5.41, 5.74) is -0.203. The van der Waals surface area contributed by atoms with Crippen molar-refractivity contribution in [3.8, 4) is 0 Å². The van der Waals surface area contributed by atoms with Crippen LogP contribution in [0.15, 0.2) is 10.9 Å². The Hall–Kier alpha value is -1.85. The van der Waals surface area contributed by atoms with Gasteiger partial charge < -0.3 is 15.2 Å². The fourth-order valence-electron chi connectivity index (χ4n) is 1.52. The van der Waals surface area contributed by atoms with Crippen LogP contribution in [0.2, 0.25) is 0 Å². The van der Waals surface area contributed by atoms with Crippen LogP contribution in [0.1, 0.15) is 19.2 Å². The molecule has 0 unspecified atom stereocenters. The molecule has 6 nitrogen and oxygen atoms in total. The van der Waals surface area contributed by atoms with E-state index in [9.17, 15) is 9.59 Å². The van der Waals surface area contributed by atoms with Crippen LogP contribution in [0.25, 0.3) is 0 Å². The number of anilines is 1. The average Bonchev–Trinajstić information content (AvgIpc) is 2.27. The Bertz CT molecular complexity index is 441. The van der Waals surface area contributed by atoms with Gasteiger partial charge in [-0.25, -0.2) is 4.98 Å². The Morgan fingerprint density at radius 2 is 2.29 bits per heavy atom. The van der Waals surface area contributed by atoms with E-state index in [1.54, 1.807) is 18.9 Å². The third-order valence-electron chi connectivity index (χ3n) is 2.28. The van der Waals surface area contributed by atoms with Crippen LogP contribution >= 0.6 is 0 Å². The molecule has 1 aromatic heterocycles. The summed E-state index contributed by atoms with van der Waals surface area (Å²) in [4.78, 5) is 31.3. The third kappa shape index (κ3) is 3.90. The van der Waals surface area contributed by atoms with E-state index in [-0.39, 0.29) is 18.0 Å². The van der Waals surface area contributed by atoms with Gasteiger partial charge in [0.2, 0.25) is 5.91 Å². The molecule has 0 aliphatic heterocycles. The van der Waals surface area contributed by atoms with E-state index in [4.69, 9.17) is 0 Å². The van der Waals surface area contributed by atoms with Crippen molar-refractivity contribution in [2.45, 2.75) is 20.3 Å². The number of hydrogen-bond acceptors (Lipinski definition) is 4. The zero-order chi connectivity index (χ0) is 12.8. The smallest absolute Gasteiger partial charge is 0.252 e. The molecule has 0 aliphatic carbocycles. The molecule has 0 saturated heterocycles. The standard InChI is InChI=1S/C11H18N4O2/c1-4-5-15(7-11(17)12-3)9-6-10(16)14-8(2)13-9/h6H,4-5,7H2,1-3H3,(H,12,17)(H,13,14,16). The molecule has 0 aliphatic rings. The van der Waals surface area contributed by atoms with Crippen molar-refractivity contribution in [2.24, 2.45) is 0 Å². The topological polar surface area (TPSA) is 78.1 Å². The fourth-order valence-corrected chi connectivity index (χ4v) is 1.52. The van der Waals surface area contributed by atoms with E-state index in [1.165, 1.54) is 6.07 Å². The molecule has 0 aromatic carbocycles. The molecule has 1 amide bonds. The van der Waals surface area contributed by atoms with Gasteiger partial charge in [0.1, 0.15) is 11.6 Å². The van der Waals surface area contributed by atoms with Gasteiger partial charge in [0.25, 0.3) is 5.56 Å². The fraction of sp³-hybridized carbons (Fsp3) is 0.545. The number of aromatic nitrogens is 2. The highest BCUT2D eigenvalue weighted by atomic mass is 16.2. The van der Waals surface area contributed by atoms with E-state index in [1.807, 2.05) is 6.92 Å². The predicted octanol–water partition coefficient (Wildman–Crippen LogP) is 0.0407. The summed E-state index contributed by atoms with van der Waals surface area (Å²) in [5, 5.41) is 2.56. The number of likely N-dealkylation sites (N-methyl/N-ethyl adjacent to an activating group) is 1. The zero-order valence-corrected chi connectivity index (χ0v) is 10.4. The first-order valence-corrected chi connectivity index (χ1v) is 5.60. The molecule has 0 atom stereocenters. The van der Waals surface area contributed by atoms with Crippen LogP contribution in [-0.4, -0.2) is 36.0 Å².